The minimum Gasteiger partial charge on any atom is -0.494 e. The molecule has 0 bridgehead atoms. The van der Waals surface area contributed by atoms with Crippen LogP contribution < -0.4 is 18.9 Å². The van der Waals surface area contributed by atoms with Crippen molar-refractivity contribution >= 4 is 23.9 Å². The van der Waals surface area contributed by atoms with Gasteiger partial charge in [0.25, 0.3) is 0 Å². The highest BCUT2D eigenvalue weighted by atomic mass is 19.1. The summed E-state index contributed by atoms with van der Waals surface area (Å²) >= 11 is 0. The molecule has 0 N–H and O–H groups in total. The maximum absolute atomic E-state index is 14.7. The van der Waals surface area contributed by atoms with Crippen molar-refractivity contribution < 1.29 is 56.4 Å². The summed E-state index contributed by atoms with van der Waals surface area (Å²) < 4.78 is 60.5. The first kappa shape index (κ1) is 36.9. The van der Waals surface area contributed by atoms with Gasteiger partial charge in [-0.15, -0.1) is 0 Å². The van der Waals surface area contributed by atoms with Gasteiger partial charge in [0.1, 0.15) is 17.2 Å². The molecule has 0 spiro atoms. The maximum atomic E-state index is 14.7. The first-order chi connectivity index (χ1) is 23.1. The van der Waals surface area contributed by atoms with Crippen LogP contribution in [0.25, 0.3) is 0 Å². The van der Waals surface area contributed by atoms with E-state index in [1.807, 2.05) is 0 Å². The number of esters is 4. The Morgan fingerprint density at radius 1 is 0.646 bits per heavy atom. The summed E-state index contributed by atoms with van der Waals surface area (Å²) in [6.07, 6.45) is 4.75. The molecule has 0 saturated carbocycles. The molecule has 3 rings (SSSR count). The second kappa shape index (κ2) is 19.2. The third-order valence-corrected chi connectivity index (χ3v) is 6.41. The zero-order valence-electron chi connectivity index (χ0n) is 26.5. The Morgan fingerprint density at radius 2 is 1.12 bits per heavy atom. The van der Waals surface area contributed by atoms with Gasteiger partial charge < -0.3 is 28.4 Å². The summed E-state index contributed by atoms with van der Waals surface area (Å²) in [4.78, 5) is 47.4. The van der Waals surface area contributed by atoms with Crippen LogP contribution in [0.5, 0.6) is 23.0 Å². The molecule has 0 amide bonds. The van der Waals surface area contributed by atoms with E-state index in [1.165, 1.54) is 36.4 Å². The Bertz CT molecular complexity index is 1560. The fourth-order valence-corrected chi connectivity index (χ4v) is 3.90. The van der Waals surface area contributed by atoms with Gasteiger partial charge in [-0.2, -0.15) is 0 Å². The lowest BCUT2D eigenvalue weighted by Crippen LogP contribution is -2.12. The summed E-state index contributed by atoms with van der Waals surface area (Å²) in [7, 11) is 0. The molecule has 254 valence electrons. The van der Waals surface area contributed by atoms with Crippen LogP contribution in [0.15, 0.2) is 85.5 Å². The van der Waals surface area contributed by atoms with Gasteiger partial charge >= 0.3 is 23.9 Å². The van der Waals surface area contributed by atoms with E-state index >= 15 is 0 Å². The quantitative estimate of drug-likeness (QED) is 0.0574. The maximum Gasteiger partial charge on any atom is 0.343 e. The molecule has 0 aliphatic heterocycles. The van der Waals surface area contributed by atoms with E-state index in [4.69, 9.17) is 28.4 Å². The van der Waals surface area contributed by atoms with Gasteiger partial charge in [-0.1, -0.05) is 13.2 Å². The van der Waals surface area contributed by atoms with E-state index in [1.54, 1.807) is 19.1 Å². The number of benzene rings is 3. The zero-order valence-corrected chi connectivity index (χ0v) is 26.5. The monoisotopic (exact) mass is 666 g/mol. The summed E-state index contributed by atoms with van der Waals surface area (Å²) in [5.74, 6) is -5.76. The second-order valence-electron chi connectivity index (χ2n) is 10.3. The van der Waals surface area contributed by atoms with Crippen LogP contribution in [0, 0.1) is 11.6 Å². The summed E-state index contributed by atoms with van der Waals surface area (Å²) in [6, 6.07) is 13.2. The standard InChI is InChI=1S/C36H36F2O10/c1-4-32(39)45-21-9-20-44-28-16-12-26(13-17-28)36(42)48-33-30(37)22-29(23-31(33)38)47-35(41)25-10-14-27(15-11-25)43-18-7-5-6-8-19-46-34(40)24(2)3/h4,10-17,22-23H,1-2,5-9,18-21H2,3H3. The summed E-state index contributed by atoms with van der Waals surface area (Å²) in [5, 5.41) is 0. The number of hydrogen-bond acceptors (Lipinski definition) is 10. The molecule has 0 unspecified atom stereocenters. The Hall–Kier alpha value is -5.52. The van der Waals surface area contributed by atoms with E-state index in [9.17, 15) is 28.0 Å². The number of carbonyl (C=O) groups is 4. The lowest BCUT2D eigenvalue weighted by molar-refractivity contribution is -0.139. The molecule has 0 fully saturated rings. The number of carbonyl (C=O) groups excluding carboxylic acids is 4. The Balaban J connectivity index is 1.42. The highest BCUT2D eigenvalue weighted by Crippen LogP contribution is 2.29. The Labute approximate surface area is 276 Å². The third-order valence-electron chi connectivity index (χ3n) is 6.41. The third kappa shape index (κ3) is 12.3. The van der Waals surface area contributed by atoms with E-state index in [0.717, 1.165) is 43.9 Å². The number of rotatable bonds is 19. The van der Waals surface area contributed by atoms with E-state index < -0.39 is 47.0 Å². The molecule has 3 aromatic rings. The van der Waals surface area contributed by atoms with Crippen molar-refractivity contribution in [3.8, 4) is 23.0 Å². The number of ether oxygens (including phenoxy) is 6. The molecule has 0 aromatic heterocycles. The van der Waals surface area contributed by atoms with Gasteiger partial charge in [-0.05, 0) is 81.1 Å². The van der Waals surface area contributed by atoms with Crippen LogP contribution in [-0.2, 0) is 19.1 Å². The zero-order chi connectivity index (χ0) is 34.9. The minimum absolute atomic E-state index is 0.00259. The Morgan fingerprint density at radius 3 is 1.65 bits per heavy atom. The lowest BCUT2D eigenvalue weighted by Gasteiger charge is -2.11. The second-order valence-corrected chi connectivity index (χ2v) is 10.3. The average molecular weight is 667 g/mol. The molecule has 0 radical (unpaired) electrons. The fraction of sp³-hybridized carbons (Fsp3) is 0.278. The van der Waals surface area contributed by atoms with Gasteiger partial charge in [0.05, 0.1) is 37.6 Å². The topological polar surface area (TPSA) is 124 Å². The van der Waals surface area contributed by atoms with Crippen LogP contribution >= 0.6 is 0 Å². The van der Waals surface area contributed by atoms with Crippen molar-refractivity contribution in [2.24, 2.45) is 0 Å². The van der Waals surface area contributed by atoms with Crippen molar-refractivity contribution in [2.75, 3.05) is 26.4 Å². The molecule has 0 aliphatic rings. The van der Waals surface area contributed by atoms with Crippen LogP contribution in [0.1, 0.15) is 59.7 Å². The van der Waals surface area contributed by atoms with E-state index in [0.29, 0.717) is 36.7 Å². The molecule has 0 heterocycles. The molecular weight excluding hydrogens is 630 g/mol. The number of hydrogen-bond donors (Lipinski definition) is 0. The molecule has 12 heteroatoms. The smallest absolute Gasteiger partial charge is 0.343 e. The van der Waals surface area contributed by atoms with Crippen LogP contribution in [-0.4, -0.2) is 50.3 Å². The van der Waals surface area contributed by atoms with Crippen molar-refractivity contribution in [2.45, 2.75) is 39.0 Å². The average Bonchev–Trinajstić information content (AvgIpc) is 3.07. The first-order valence-corrected chi connectivity index (χ1v) is 15.1. The van der Waals surface area contributed by atoms with Gasteiger partial charge in [-0.3, -0.25) is 0 Å². The SMILES string of the molecule is C=CC(=O)OCCCOc1ccc(C(=O)Oc2c(F)cc(OC(=O)c3ccc(OCCCCCCOC(=O)C(=C)C)cc3)cc2F)cc1. The lowest BCUT2D eigenvalue weighted by atomic mass is 10.2. The fourth-order valence-electron chi connectivity index (χ4n) is 3.90. The number of halogens is 2. The predicted molar refractivity (Wildman–Crippen MR) is 170 cm³/mol. The summed E-state index contributed by atoms with van der Waals surface area (Å²) in [5.41, 5.74) is 0.488. The Kier molecular flexibility index (Phi) is 14.8. The van der Waals surface area contributed by atoms with Crippen LogP contribution in [0.3, 0.4) is 0 Å². The minimum atomic E-state index is -1.25. The summed E-state index contributed by atoms with van der Waals surface area (Å²) in [6.45, 7) is 9.60. The van der Waals surface area contributed by atoms with Gasteiger partial charge in [-0.25, -0.2) is 28.0 Å². The molecule has 3 aromatic carbocycles. The molecule has 0 aliphatic carbocycles. The van der Waals surface area contributed by atoms with Gasteiger partial charge in [0, 0.05) is 30.2 Å². The normalized spacial score (nSPS) is 10.4. The highest BCUT2D eigenvalue weighted by molar-refractivity contribution is 5.92. The van der Waals surface area contributed by atoms with Crippen molar-refractivity contribution in [3.63, 3.8) is 0 Å². The molecule has 0 saturated heterocycles. The van der Waals surface area contributed by atoms with Crippen molar-refractivity contribution in [3.05, 3.63) is 108 Å². The molecular formula is C36H36F2O10. The largest absolute Gasteiger partial charge is 0.494 e. The molecule has 0 atom stereocenters. The highest BCUT2D eigenvalue weighted by Gasteiger charge is 2.20. The van der Waals surface area contributed by atoms with E-state index in [-0.39, 0.29) is 24.3 Å². The van der Waals surface area contributed by atoms with Crippen molar-refractivity contribution in [1.29, 1.82) is 0 Å². The van der Waals surface area contributed by atoms with E-state index in [2.05, 4.69) is 13.2 Å². The predicted octanol–water partition coefficient (Wildman–Crippen LogP) is 6.96. The van der Waals surface area contributed by atoms with Gasteiger partial charge in [0.2, 0.25) is 5.75 Å². The van der Waals surface area contributed by atoms with Crippen LogP contribution in [0.4, 0.5) is 8.78 Å². The first-order valence-electron chi connectivity index (χ1n) is 15.1. The van der Waals surface area contributed by atoms with Crippen molar-refractivity contribution in [1.82, 2.24) is 0 Å². The number of unbranched alkanes of at least 4 members (excludes halogenated alkanes) is 3. The van der Waals surface area contributed by atoms with Gasteiger partial charge in [0.15, 0.2) is 11.6 Å². The molecule has 10 nitrogen and oxygen atoms in total. The van der Waals surface area contributed by atoms with Crippen LogP contribution in [0.2, 0.25) is 0 Å². The molecule has 48 heavy (non-hydrogen) atoms.